The summed E-state index contributed by atoms with van der Waals surface area (Å²) in [5.41, 5.74) is 8.30. The Bertz CT molecular complexity index is 776. The van der Waals surface area contributed by atoms with E-state index in [0.29, 0.717) is 0 Å². The molecule has 0 N–H and O–H groups in total. The quantitative estimate of drug-likeness (QED) is 0.633. The van der Waals surface area contributed by atoms with Gasteiger partial charge in [0.15, 0.2) is 0 Å². The molecule has 0 amide bonds. The lowest BCUT2D eigenvalue weighted by atomic mass is 9.63. The normalized spacial score (nSPS) is 19.0. The minimum Gasteiger partial charge on any atom is -0.256 e. The molecular weight excluding hydrogens is 290 g/mol. The van der Waals surface area contributed by atoms with Crippen molar-refractivity contribution in [1.82, 2.24) is 4.98 Å². The summed E-state index contributed by atoms with van der Waals surface area (Å²) >= 11 is 0. The first kappa shape index (κ1) is 17.0. The second kappa shape index (κ2) is 5.88. The number of fused-ring (bicyclic) bond motifs is 1. The first-order valence-corrected chi connectivity index (χ1v) is 8.95. The van der Waals surface area contributed by atoms with Gasteiger partial charge in [-0.1, -0.05) is 52.0 Å². The van der Waals surface area contributed by atoms with Crippen LogP contribution in [0.3, 0.4) is 0 Å². The summed E-state index contributed by atoms with van der Waals surface area (Å²) in [7, 11) is 0. The number of allylic oxidation sites excluding steroid dienone is 1. The van der Waals surface area contributed by atoms with E-state index >= 15 is 0 Å². The molecular formula is C23H29N. The number of aryl methyl sites for hydroxylation is 1. The van der Waals surface area contributed by atoms with E-state index in [1.54, 1.807) is 0 Å². The Kier molecular flexibility index (Phi) is 4.15. The van der Waals surface area contributed by atoms with Gasteiger partial charge >= 0.3 is 0 Å². The summed E-state index contributed by atoms with van der Waals surface area (Å²) in [6, 6.07) is 11.2. The van der Waals surface area contributed by atoms with E-state index in [9.17, 15) is 0 Å². The van der Waals surface area contributed by atoms with Crippen molar-refractivity contribution in [3.05, 3.63) is 64.5 Å². The van der Waals surface area contributed by atoms with Gasteiger partial charge in [-0.15, -0.1) is 0 Å². The third-order valence-electron chi connectivity index (χ3n) is 5.58. The zero-order valence-corrected chi connectivity index (χ0v) is 15.9. The van der Waals surface area contributed by atoms with Crippen LogP contribution < -0.4 is 0 Å². The first-order valence-electron chi connectivity index (χ1n) is 8.95. The van der Waals surface area contributed by atoms with Crippen LogP contribution in [0.2, 0.25) is 0 Å². The fourth-order valence-corrected chi connectivity index (χ4v) is 3.72. The van der Waals surface area contributed by atoms with Gasteiger partial charge in [0.1, 0.15) is 0 Å². The highest BCUT2D eigenvalue weighted by molar-refractivity contribution is 5.79. The fourth-order valence-electron chi connectivity index (χ4n) is 3.72. The van der Waals surface area contributed by atoms with Crippen molar-refractivity contribution in [2.45, 2.75) is 65.2 Å². The molecule has 3 rings (SSSR count). The van der Waals surface area contributed by atoms with E-state index in [0.717, 1.165) is 5.69 Å². The van der Waals surface area contributed by atoms with Crippen LogP contribution in [0.15, 0.2) is 36.5 Å². The lowest BCUT2D eigenvalue weighted by Gasteiger charge is -2.42. The van der Waals surface area contributed by atoms with Crippen LogP contribution in [-0.4, -0.2) is 4.98 Å². The number of benzene rings is 1. The van der Waals surface area contributed by atoms with Crippen LogP contribution in [-0.2, 0) is 10.8 Å². The Morgan fingerprint density at radius 2 is 1.62 bits per heavy atom. The molecule has 1 aromatic carbocycles. The van der Waals surface area contributed by atoms with E-state index in [2.05, 4.69) is 82.9 Å². The van der Waals surface area contributed by atoms with Gasteiger partial charge in [-0.3, -0.25) is 4.98 Å². The fraction of sp³-hybridized carbons (Fsp3) is 0.435. The summed E-state index contributed by atoms with van der Waals surface area (Å²) in [6.45, 7) is 13.7. The molecule has 0 bridgehead atoms. The second-order valence-corrected chi connectivity index (χ2v) is 8.62. The average molecular weight is 319 g/mol. The molecule has 0 aliphatic heterocycles. The summed E-state index contributed by atoms with van der Waals surface area (Å²) in [6.07, 6.45) is 6.70. The monoisotopic (exact) mass is 319 g/mol. The molecule has 1 aliphatic rings. The SMILES string of the molecule is C/C(=C\c1ccc2c(c1)C(C)(C)CCC2(C)C)c1ccc(C)cn1. The van der Waals surface area contributed by atoms with Crippen molar-refractivity contribution in [3.63, 3.8) is 0 Å². The highest BCUT2D eigenvalue weighted by Gasteiger charge is 2.36. The van der Waals surface area contributed by atoms with E-state index in [1.165, 1.54) is 40.7 Å². The van der Waals surface area contributed by atoms with E-state index < -0.39 is 0 Å². The van der Waals surface area contributed by atoms with E-state index in [1.807, 2.05) is 6.20 Å². The smallest absolute Gasteiger partial charge is 0.0659 e. The lowest BCUT2D eigenvalue weighted by Crippen LogP contribution is -2.33. The third kappa shape index (κ3) is 3.17. The molecule has 0 saturated heterocycles. The zero-order valence-electron chi connectivity index (χ0n) is 15.9. The molecule has 126 valence electrons. The van der Waals surface area contributed by atoms with Crippen LogP contribution in [0.4, 0.5) is 0 Å². The Balaban J connectivity index is 2.02. The Morgan fingerprint density at radius 3 is 2.25 bits per heavy atom. The Hall–Kier alpha value is -1.89. The highest BCUT2D eigenvalue weighted by Crippen LogP contribution is 2.46. The van der Waals surface area contributed by atoms with Gasteiger partial charge in [-0.2, -0.15) is 0 Å². The van der Waals surface area contributed by atoms with Crippen LogP contribution in [0.5, 0.6) is 0 Å². The molecule has 1 heteroatoms. The molecule has 0 unspecified atom stereocenters. The molecule has 0 saturated carbocycles. The number of rotatable bonds is 2. The third-order valence-corrected chi connectivity index (χ3v) is 5.58. The van der Waals surface area contributed by atoms with Gasteiger partial charge in [0, 0.05) is 6.20 Å². The molecule has 1 heterocycles. The molecule has 1 aromatic heterocycles. The largest absolute Gasteiger partial charge is 0.256 e. The van der Waals surface area contributed by atoms with Gasteiger partial charge < -0.3 is 0 Å². The van der Waals surface area contributed by atoms with Gasteiger partial charge in [0.05, 0.1) is 5.69 Å². The predicted octanol–water partition coefficient (Wildman–Crippen LogP) is 6.30. The van der Waals surface area contributed by atoms with Gasteiger partial charge in [-0.25, -0.2) is 0 Å². The molecule has 0 spiro atoms. The maximum Gasteiger partial charge on any atom is 0.0659 e. The number of hydrogen-bond donors (Lipinski definition) is 0. The van der Waals surface area contributed by atoms with Crippen LogP contribution in [0.25, 0.3) is 11.6 Å². The highest BCUT2D eigenvalue weighted by atomic mass is 14.7. The van der Waals surface area contributed by atoms with E-state index in [-0.39, 0.29) is 10.8 Å². The summed E-state index contributed by atoms with van der Waals surface area (Å²) in [5, 5.41) is 0. The van der Waals surface area contributed by atoms with Gasteiger partial charge in [-0.05, 0) is 77.5 Å². The summed E-state index contributed by atoms with van der Waals surface area (Å²) in [4.78, 5) is 4.55. The lowest BCUT2D eigenvalue weighted by molar-refractivity contribution is 0.332. The minimum atomic E-state index is 0.255. The Morgan fingerprint density at radius 1 is 0.958 bits per heavy atom. The maximum absolute atomic E-state index is 4.55. The van der Waals surface area contributed by atoms with Crippen molar-refractivity contribution < 1.29 is 0 Å². The van der Waals surface area contributed by atoms with Crippen molar-refractivity contribution in [3.8, 4) is 0 Å². The molecule has 24 heavy (non-hydrogen) atoms. The second-order valence-electron chi connectivity index (χ2n) is 8.62. The van der Waals surface area contributed by atoms with Gasteiger partial charge in [0.25, 0.3) is 0 Å². The minimum absolute atomic E-state index is 0.255. The number of aromatic nitrogens is 1. The number of pyridine rings is 1. The van der Waals surface area contributed by atoms with Crippen molar-refractivity contribution in [1.29, 1.82) is 0 Å². The number of nitrogens with zero attached hydrogens (tertiary/aromatic N) is 1. The first-order chi connectivity index (χ1) is 11.2. The zero-order chi connectivity index (χ0) is 17.5. The maximum atomic E-state index is 4.55. The predicted molar refractivity (Wildman–Crippen MR) is 104 cm³/mol. The van der Waals surface area contributed by atoms with Crippen LogP contribution in [0, 0.1) is 6.92 Å². The van der Waals surface area contributed by atoms with Crippen molar-refractivity contribution >= 4 is 11.6 Å². The standard InChI is InChI=1S/C23H29N/c1-16-7-10-21(24-15-16)17(2)13-18-8-9-19-20(14-18)23(5,6)12-11-22(19,3)4/h7-10,13-15H,11-12H2,1-6H3/b17-13+. The summed E-state index contributed by atoms with van der Waals surface area (Å²) in [5.74, 6) is 0. The van der Waals surface area contributed by atoms with Gasteiger partial charge in [0.2, 0.25) is 0 Å². The van der Waals surface area contributed by atoms with Crippen molar-refractivity contribution in [2.24, 2.45) is 0 Å². The molecule has 0 radical (unpaired) electrons. The molecule has 2 aromatic rings. The molecule has 0 fully saturated rings. The van der Waals surface area contributed by atoms with Crippen molar-refractivity contribution in [2.75, 3.05) is 0 Å². The number of hydrogen-bond acceptors (Lipinski definition) is 1. The summed E-state index contributed by atoms with van der Waals surface area (Å²) < 4.78 is 0. The molecule has 1 nitrogen and oxygen atoms in total. The molecule has 1 aliphatic carbocycles. The Labute approximate surface area is 146 Å². The van der Waals surface area contributed by atoms with E-state index in [4.69, 9.17) is 0 Å². The topological polar surface area (TPSA) is 12.9 Å². The van der Waals surface area contributed by atoms with Crippen LogP contribution >= 0.6 is 0 Å². The average Bonchev–Trinajstić information content (AvgIpc) is 2.52. The molecule has 0 atom stereocenters. The van der Waals surface area contributed by atoms with Crippen LogP contribution in [0.1, 0.15) is 75.4 Å².